The molecule has 0 spiro atoms. The SMILES string of the molecule is CN=C(/C=C(\CCCn1nc(C(C)C)cc1C(C)C)C(C)C)C(C)C. The third-order valence-corrected chi connectivity index (χ3v) is 4.77. The Labute approximate surface area is 155 Å². The lowest BCUT2D eigenvalue weighted by molar-refractivity contribution is 0.523. The number of aromatic nitrogens is 2. The first-order valence-corrected chi connectivity index (χ1v) is 9.92. The summed E-state index contributed by atoms with van der Waals surface area (Å²) in [5, 5.41) is 4.85. The smallest absolute Gasteiger partial charge is 0.0652 e. The van der Waals surface area contributed by atoms with Gasteiger partial charge in [0, 0.05) is 25.0 Å². The van der Waals surface area contributed by atoms with Crippen LogP contribution < -0.4 is 0 Å². The van der Waals surface area contributed by atoms with E-state index in [1.54, 1.807) is 0 Å². The van der Waals surface area contributed by atoms with Crippen LogP contribution in [0.5, 0.6) is 0 Å². The quantitative estimate of drug-likeness (QED) is 0.489. The highest BCUT2D eigenvalue weighted by Crippen LogP contribution is 2.23. The Morgan fingerprint density at radius 1 is 1.04 bits per heavy atom. The lowest BCUT2D eigenvalue weighted by atomic mass is 9.94. The maximum atomic E-state index is 4.85. The Balaban J connectivity index is 2.85. The van der Waals surface area contributed by atoms with Crippen LogP contribution in [-0.4, -0.2) is 22.5 Å². The van der Waals surface area contributed by atoms with Crippen molar-refractivity contribution >= 4 is 5.71 Å². The summed E-state index contributed by atoms with van der Waals surface area (Å²) >= 11 is 0. The van der Waals surface area contributed by atoms with Crippen molar-refractivity contribution in [3.05, 3.63) is 29.1 Å². The minimum atomic E-state index is 0.478. The molecule has 0 aliphatic carbocycles. The Morgan fingerprint density at radius 2 is 1.68 bits per heavy atom. The van der Waals surface area contributed by atoms with Crippen LogP contribution in [-0.2, 0) is 6.54 Å². The molecule has 1 aromatic rings. The number of hydrogen-bond donors (Lipinski definition) is 0. The van der Waals surface area contributed by atoms with E-state index in [0.717, 1.165) is 19.4 Å². The molecule has 1 rings (SSSR count). The average molecular weight is 346 g/mol. The van der Waals surface area contributed by atoms with Crippen LogP contribution >= 0.6 is 0 Å². The van der Waals surface area contributed by atoms with Gasteiger partial charge in [-0.1, -0.05) is 61.0 Å². The van der Waals surface area contributed by atoms with Gasteiger partial charge in [-0.3, -0.25) is 9.67 Å². The van der Waals surface area contributed by atoms with Gasteiger partial charge in [-0.2, -0.15) is 5.10 Å². The summed E-state index contributed by atoms with van der Waals surface area (Å²) in [6, 6.07) is 2.29. The predicted octanol–water partition coefficient (Wildman–Crippen LogP) is 6.22. The van der Waals surface area contributed by atoms with Crippen LogP contribution in [0.25, 0.3) is 0 Å². The molecular weight excluding hydrogens is 306 g/mol. The first kappa shape index (κ1) is 21.7. The molecule has 0 bridgehead atoms. The molecule has 1 heterocycles. The number of nitrogens with zero attached hydrogens (tertiary/aromatic N) is 3. The standard InChI is InChI=1S/C22H39N3/c1-15(2)19(13-20(23-9)16(3)4)11-10-12-25-22(18(7)8)14-21(24-25)17(5)6/h13-18H,10-12H2,1-9H3/b19-13+,23-20?. The normalized spacial score (nSPS) is 13.8. The van der Waals surface area contributed by atoms with Crippen molar-refractivity contribution in [2.45, 2.75) is 86.6 Å². The predicted molar refractivity (Wildman–Crippen MR) is 111 cm³/mol. The molecule has 0 aliphatic rings. The Kier molecular flexibility index (Phi) is 8.61. The largest absolute Gasteiger partial charge is 0.293 e. The van der Waals surface area contributed by atoms with E-state index in [-0.39, 0.29) is 0 Å². The second-order valence-corrected chi connectivity index (χ2v) is 8.31. The highest BCUT2D eigenvalue weighted by molar-refractivity contribution is 5.96. The molecule has 0 radical (unpaired) electrons. The van der Waals surface area contributed by atoms with Crippen molar-refractivity contribution in [1.29, 1.82) is 0 Å². The summed E-state index contributed by atoms with van der Waals surface area (Å²) in [6.07, 6.45) is 4.55. The fourth-order valence-electron chi connectivity index (χ4n) is 3.02. The van der Waals surface area contributed by atoms with Gasteiger partial charge in [0.25, 0.3) is 0 Å². The zero-order valence-corrected chi connectivity index (χ0v) is 17.9. The molecule has 0 saturated heterocycles. The number of rotatable bonds is 9. The van der Waals surface area contributed by atoms with Gasteiger partial charge in [0.2, 0.25) is 0 Å². The molecule has 3 nitrogen and oxygen atoms in total. The summed E-state index contributed by atoms with van der Waals surface area (Å²) in [7, 11) is 1.90. The van der Waals surface area contributed by atoms with E-state index in [0.29, 0.717) is 23.7 Å². The Bertz CT molecular complexity index is 586. The van der Waals surface area contributed by atoms with Crippen LogP contribution in [0.1, 0.15) is 91.5 Å². The zero-order chi connectivity index (χ0) is 19.1. The summed E-state index contributed by atoms with van der Waals surface area (Å²) < 4.78 is 2.23. The fraction of sp³-hybridized carbons (Fsp3) is 0.727. The first-order valence-electron chi connectivity index (χ1n) is 9.92. The molecule has 0 aromatic carbocycles. The highest BCUT2D eigenvalue weighted by Gasteiger charge is 2.14. The van der Waals surface area contributed by atoms with E-state index in [1.807, 2.05) is 7.05 Å². The number of aryl methyl sites for hydroxylation is 1. The van der Waals surface area contributed by atoms with Crippen molar-refractivity contribution < 1.29 is 0 Å². The molecule has 25 heavy (non-hydrogen) atoms. The van der Waals surface area contributed by atoms with E-state index >= 15 is 0 Å². The van der Waals surface area contributed by atoms with E-state index in [4.69, 9.17) is 5.10 Å². The molecule has 0 atom stereocenters. The van der Waals surface area contributed by atoms with Gasteiger partial charge in [-0.05, 0) is 48.7 Å². The topological polar surface area (TPSA) is 30.2 Å². The molecule has 0 amide bonds. The summed E-state index contributed by atoms with van der Waals surface area (Å²) in [4.78, 5) is 4.46. The summed E-state index contributed by atoms with van der Waals surface area (Å²) in [5.74, 6) is 2.04. The average Bonchev–Trinajstić information content (AvgIpc) is 2.94. The lowest BCUT2D eigenvalue weighted by Crippen LogP contribution is -2.10. The summed E-state index contributed by atoms with van der Waals surface area (Å²) in [6.45, 7) is 18.9. The van der Waals surface area contributed by atoms with Crippen molar-refractivity contribution in [2.75, 3.05) is 7.05 Å². The second kappa shape index (κ2) is 9.94. The molecule has 0 unspecified atom stereocenters. The van der Waals surface area contributed by atoms with Crippen molar-refractivity contribution in [3.8, 4) is 0 Å². The minimum Gasteiger partial charge on any atom is -0.293 e. The van der Waals surface area contributed by atoms with Gasteiger partial charge in [-0.25, -0.2) is 0 Å². The molecule has 3 heteroatoms. The lowest BCUT2D eigenvalue weighted by Gasteiger charge is -2.15. The van der Waals surface area contributed by atoms with Gasteiger partial charge >= 0.3 is 0 Å². The van der Waals surface area contributed by atoms with Gasteiger partial charge < -0.3 is 0 Å². The molecule has 0 saturated carbocycles. The zero-order valence-electron chi connectivity index (χ0n) is 17.9. The fourth-order valence-corrected chi connectivity index (χ4v) is 3.02. The number of aliphatic imine (C=N–C) groups is 1. The number of hydrogen-bond acceptors (Lipinski definition) is 2. The third-order valence-electron chi connectivity index (χ3n) is 4.77. The van der Waals surface area contributed by atoms with E-state index in [2.05, 4.69) is 77.2 Å². The maximum Gasteiger partial charge on any atom is 0.0652 e. The Hall–Kier alpha value is -1.38. The van der Waals surface area contributed by atoms with Gasteiger partial charge in [0.15, 0.2) is 0 Å². The molecule has 142 valence electrons. The van der Waals surface area contributed by atoms with Crippen LogP contribution in [0.15, 0.2) is 22.7 Å². The van der Waals surface area contributed by atoms with Crippen LogP contribution in [0.2, 0.25) is 0 Å². The van der Waals surface area contributed by atoms with Crippen molar-refractivity contribution in [3.63, 3.8) is 0 Å². The van der Waals surface area contributed by atoms with Gasteiger partial charge in [0.05, 0.1) is 5.69 Å². The second-order valence-electron chi connectivity index (χ2n) is 8.31. The van der Waals surface area contributed by atoms with E-state index in [1.165, 1.54) is 22.7 Å². The minimum absolute atomic E-state index is 0.478. The number of allylic oxidation sites excluding steroid dienone is 2. The van der Waals surface area contributed by atoms with Crippen molar-refractivity contribution in [1.82, 2.24) is 9.78 Å². The molecular formula is C22H39N3. The monoisotopic (exact) mass is 345 g/mol. The van der Waals surface area contributed by atoms with Crippen LogP contribution in [0.3, 0.4) is 0 Å². The Morgan fingerprint density at radius 3 is 2.12 bits per heavy atom. The molecule has 0 fully saturated rings. The first-order chi connectivity index (χ1) is 11.7. The van der Waals surface area contributed by atoms with E-state index < -0.39 is 0 Å². The molecule has 1 aromatic heterocycles. The molecule has 0 N–H and O–H groups in total. The summed E-state index contributed by atoms with van der Waals surface area (Å²) in [5.41, 5.74) is 5.27. The molecule has 0 aliphatic heterocycles. The maximum absolute atomic E-state index is 4.85. The van der Waals surface area contributed by atoms with Gasteiger partial charge in [0.1, 0.15) is 0 Å². The third kappa shape index (κ3) is 6.45. The van der Waals surface area contributed by atoms with E-state index in [9.17, 15) is 0 Å². The van der Waals surface area contributed by atoms with Crippen molar-refractivity contribution in [2.24, 2.45) is 16.8 Å². The van der Waals surface area contributed by atoms with Crippen LogP contribution in [0, 0.1) is 11.8 Å². The van der Waals surface area contributed by atoms with Crippen LogP contribution in [0.4, 0.5) is 0 Å². The highest BCUT2D eigenvalue weighted by atomic mass is 15.3. The van der Waals surface area contributed by atoms with Gasteiger partial charge in [-0.15, -0.1) is 0 Å².